The van der Waals surface area contributed by atoms with Crippen molar-refractivity contribution in [3.05, 3.63) is 34.1 Å². The van der Waals surface area contributed by atoms with E-state index in [4.69, 9.17) is 0 Å². The van der Waals surface area contributed by atoms with Crippen LogP contribution < -0.4 is 0 Å². The normalized spacial score (nSPS) is 19.9. The van der Waals surface area contributed by atoms with Crippen molar-refractivity contribution in [1.82, 2.24) is 4.90 Å². The van der Waals surface area contributed by atoms with Crippen molar-refractivity contribution < 1.29 is 9.18 Å². The van der Waals surface area contributed by atoms with Gasteiger partial charge in [0, 0.05) is 22.9 Å². The molecule has 5 heteroatoms. The summed E-state index contributed by atoms with van der Waals surface area (Å²) in [6.45, 7) is 1.42. The largest absolute Gasteiger partial charge is 0.338 e. The number of likely N-dealkylation sites (tertiary alicyclic amines) is 1. The SMILES string of the molecule is O=C(c1cc(Br)ccc1F)N1CCCC(CBr)C1. The molecule has 0 aliphatic carbocycles. The van der Waals surface area contributed by atoms with Gasteiger partial charge in [0.05, 0.1) is 5.56 Å². The second-order valence-corrected chi connectivity index (χ2v) is 6.10. The third kappa shape index (κ3) is 3.12. The summed E-state index contributed by atoms with van der Waals surface area (Å²) in [7, 11) is 0. The van der Waals surface area contributed by atoms with Crippen molar-refractivity contribution in [3.63, 3.8) is 0 Å². The number of piperidine rings is 1. The molecule has 98 valence electrons. The highest BCUT2D eigenvalue weighted by atomic mass is 79.9. The van der Waals surface area contributed by atoms with Gasteiger partial charge < -0.3 is 4.90 Å². The molecular formula is C13H14Br2FNO. The number of rotatable bonds is 2. The van der Waals surface area contributed by atoms with Crippen molar-refractivity contribution in [2.75, 3.05) is 18.4 Å². The first-order valence-corrected chi connectivity index (χ1v) is 7.83. The molecule has 1 unspecified atom stereocenters. The van der Waals surface area contributed by atoms with Gasteiger partial charge in [0.1, 0.15) is 5.82 Å². The van der Waals surface area contributed by atoms with Crippen LogP contribution in [0.1, 0.15) is 23.2 Å². The average Bonchev–Trinajstić information content (AvgIpc) is 2.41. The van der Waals surface area contributed by atoms with E-state index >= 15 is 0 Å². The van der Waals surface area contributed by atoms with Crippen LogP contribution in [0.5, 0.6) is 0 Å². The van der Waals surface area contributed by atoms with Gasteiger partial charge in [-0.3, -0.25) is 4.79 Å². The van der Waals surface area contributed by atoms with E-state index in [1.54, 1.807) is 17.0 Å². The maximum atomic E-state index is 13.7. The summed E-state index contributed by atoms with van der Waals surface area (Å²) in [5, 5.41) is 0.887. The topological polar surface area (TPSA) is 20.3 Å². The van der Waals surface area contributed by atoms with Crippen molar-refractivity contribution in [3.8, 4) is 0 Å². The first kappa shape index (κ1) is 14.0. The van der Waals surface area contributed by atoms with E-state index < -0.39 is 5.82 Å². The molecule has 1 heterocycles. The molecule has 0 N–H and O–H groups in total. The number of carbonyl (C=O) groups excluding carboxylic acids is 1. The van der Waals surface area contributed by atoms with Crippen LogP contribution in [-0.2, 0) is 0 Å². The fourth-order valence-corrected chi connectivity index (χ4v) is 3.10. The lowest BCUT2D eigenvalue weighted by molar-refractivity contribution is 0.0681. The Bertz CT molecular complexity index is 453. The lowest BCUT2D eigenvalue weighted by Crippen LogP contribution is -2.40. The zero-order valence-electron chi connectivity index (χ0n) is 9.83. The van der Waals surface area contributed by atoms with Gasteiger partial charge >= 0.3 is 0 Å². The van der Waals surface area contributed by atoms with E-state index in [2.05, 4.69) is 31.9 Å². The standard InChI is InChI=1S/C13H14Br2FNO/c14-7-9-2-1-5-17(8-9)13(18)11-6-10(15)3-4-12(11)16/h3-4,6,9H,1-2,5,7-8H2. The van der Waals surface area contributed by atoms with Gasteiger partial charge in [0.2, 0.25) is 0 Å². The van der Waals surface area contributed by atoms with Gasteiger partial charge in [-0.05, 0) is 37.0 Å². The minimum Gasteiger partial charge on any atom is -0.338 e. The molecule has 1 amide bonds. The molecule has 2 nitrogen and oxygen atoms in total. The van der Waals surface area contributed by atoms with E-state index in [1.807, 2.05) is 0 Å². The summed E-state index contributed by atoms with van der Waals surface area (Å²) in [6, 6.07) is 4.47. The monoisotopic (exact) mass is 377 g/mol. The molecule has 1 saturated heterocycles. The molecule has 0 bridgehead atoms. The zero-order valence-corrected chi connectivity index (χ0v) is 13.0. The third-order valence-corrected chi connectivity index (χ3v) is 4.59. The summed E-state index contributed by atoms with van der Waals surface area (Å²) in [4.78, 5) is 14.0. The van der Waals surface area contributed by atoms with Crippen molar-refractivity contribution in [1.29, 1.82) is 0 Å². The second kappa shape index (κ2) is 6.15. The minimum absolute atomic E-state index is 0.152. The predicted octanol–water partition coefficient (Wildman–Crippen LogP) is 3.84. The summed E-state index contributed by atoms with van der Waals surface area (Å²) < 4.78 is 14.4. The zero-order chi connectivity index (χ0) is 13.1. The Labute approximate surface area is 123 Å². The molecule has 0 radical (unpaired) electrons. The van der Waals surface area contributed by atoms with E-state index in [0.29, 0.717) is 19.0 Å². The Morgan fingerprint density at radius 3 is 3.00 bits per heavy atom. The van der Waals surface area contributed by atoms with Gasteiger partial charge in [-0.15, -0.1) is 0 Å². The Morgan fingerprint density at radius 1 is 1.50 bits per heavy atom. The van der Waals surface area contributed by atoms with Crippen LogP contribution in [0.3, 0.4) is 0 Å². The molecule has 1 aromatic rings. The van der Waals surface area contributed by atoms with Gasteiger partial charge in [-0.25, -0.2) is 4.39 Å². The first-order valence-electron chi connectivity index (χ1n) is 5.92. The fourth-order valence-electron chi connectivity index (χ4n) is 2.21. The minimum atomic E-state index is -0.454. The van der Waals surface area contributed by atoms with Crippen LogP contribution in [-0.4, -0.2) is 29.2 Å². The summed E-state index contributed by atoms with van der Waals surface area (Å²) in [6.07, 6.45) is 2.10. The van der Waals surface area contributed by atoms with Crippen molar-refractivity contribution in [2.24, 2.45) is 5.92 Å². The number of halogens is 3. The first-order chi connectivity index (χ1) is 8.61. The lowest BCUT2D eigenvalue weighted by atomic mass is 9.99. The number of alkyl halides is 1. The Balaban J connectivity index is 2.17. The smallest absolute Gasteiger partial charge is 0.256 e. The molecule has 1 atom stereocenters. The molecule has 1 aromatic carbocycles. The molecule has 18 heavy (non-hydrogen) atoms. The van der Waals surface area contributed by atoms with Crippen LogP contribution >= 0.6 is 31.9 Å². The number of amides is 1. The highest BCUT2D eigenvalue weighted by Gasteiger charge is 2.25. The number of nitrogens with zero attached hydrogens (tertiary/aromatic N) is 1. The van der Waals surface area contributed by atoms with Crippen LogP contribution in [0.4, 0.5) is 4.39 Å². The summed E-state index contributed by atoms with van der Waals surface area (Å²) in [5.41, 5.74) is 0.152. The predicted molar refractivity (Wildman–Crippen MR) is 76.5 cm³/mol. The number of carbonyl (C=O) groups is 1. The van der Waals surface area contributed by atoms with Crippen LogP contribution in [0, 0.1) is 11.7 Å². The van der Waals surface area contributed by atoms with E-state index in [0.717, 1.165) is 22.6 Å². The van der Waals surface area contributed by atoms with Gasteiger partial charge in [0.25, 0.3) is 5.91 Å². The highest BCUT2D eigenvalue weighted by molar-refractivity contribution is 9.10. The molecule has 0 saturated carbocycles. The van der Waals surface area contributed by atoms with E-state index in [9.17, 15) is 9.18 Å². The molecule has 2 rings (SSSR count). The molecule has 1 fully saturated rings. The summed E-state index contributed by atoms with van der Waals surface area (Å²) in [5.74, 6) is -0.193. The molecule has 1 aliphatic rings. The highest BCUT2D eigenvalue weighted by Crippen LogP contribution is 2.22. The second-order valence-electron chi connectivity index (χ2n) is 4.54. The number of hydrogen-bond acceptors (Lipinski definition) is 1. The van der Waals surface area contributed by atoms with Gasteiger partial charge in [0.15, 0.2) is 0 Å². The van der Waals surface area contributed by atoms with Crippen LogP contribution in [0.25, 0.3) is 0 Å². The fraction of sp³-hybridized carbons (Fsp3) is 0.462. The van der Waals surface area contributed by atoms with Crippen LogP contribution in [0.2, 0.25) is 0 Å². The Morgan fingerprint density at radius 2 is 2.28 bits per heavy atom. The third-order valence-electron chi connectivity index (χ3n) is 3.18. The van der Waals surface area contributed by atoms with E-state index in [1.165, 1.54) is 6.07 Å². The number of hydrogen-bond donors (Lipinski definition) is 0. The molecular weight excluding hydrogens is 365 g/mol. The maximum absolute atomic E-state index is 13.7. The maximum Gasteiger partial charge on any atom is 0.256 e. The lowest BCUT2D eigenvalue weighted by Gasteiger charge is -2.32. The van der Waals surface area contributed by atoms with E-state index in [-0.39, 0.29) is 11.5 Å². The van der Waals surface area contributed by atoms with Gasteiger partial charge in [-0.2, -0.15) is 0 Å². The van der Waals surface area contributed by atoms with Crippen molar-refractivity contribution >= 4 is 37.8 Å². The summed E-state index contributed by atoms with van der Waals surface area (Å²) >= 11 is 6.72. The molecule has 0 spiro atoms. The average molecular weight is 379 g/mol. The van der Waals surface area contributed by atoms with Crippen molar-refractivity contribution in [2.45, 2.75) is 12.8 Å². The number of benzene rings is 1. The van der Waals surface area contributed by atoms with Gasteiger partial charge in [-0.1, -0.05) is 31.9 Å². The van der Waals surface area contributed by atoms with Crippen LogP contribution in [0.15, 0.2) is 22.7 Å². The molecule has 0 aromatic heterocycles. The Kier molecular flexibility index (Phi) is 4.78. The quantitative estimate of drug-likeness (QED) is 0.716. The molecule has 1 aliphatic heterocycles. The Hall–Kier alpha value is -0.420.